The highest BCUT2D eigenvalue weighted by atomic mass is 32.1. The standard InChI is InChI=1S/C10H13N3O3S/c1-10(9(15)16)4-2-3-7(10)12-8(14)6-5-11-13-17-6/h5,7H,2-4H2,1H3,(H,12,14)(H,15,16). The van der Waals surface area contributed by atoms with Gasteiger partial charge in [0.2, 0.25) is 0 Å². The maximum Gasteiger partial charge on any atom is 0.311 e. The molecular weight excluding hydrogens is 242 g/mol. The van der Waals surface area contributed by atoms with Crippen molar-refractivity contribution >= 4 is 23.4 Å². The van der Waals surface area contributed by atoms with Gasteiger partial charge in [0.1, 0.15) is 4.88 Å². The number of carboxylic acid groups (broad SMARTS) is 1. The molecule has 1 aliphatic rings. The molecule has 0 aliphatic heterocycles. The lowest BCUT2D eigenvalue weighted by molar-refractivity contribution is -0.148. The first kappa shape index (κ1) is 12.0. The molecule has 1 amide bonds. The average molecular weight is 255 g/mol. The fourth-order valence-corrected chi connectivity index (χ4v) is 2.57. The van der Waals surface area contributed by atoms with Crippen LogP contribution in [0, 0.1) is 5.41 Å². The smallest absolute Gasteiger partial charge is 0.311 e. The Morgan fingerprint density at radius 3 is 3.00 bits per heavy atom. The minimum atomic E-state index is -0.867. The number of hydrogen-bond donors (Lipinski definition) is 2. The molecule has 17 heavy (non-hydrogen) atoms. The van der Waals surface area contributed by atoms with E-state index in [0.717, 1.165) is 18.0 Å². The Hall–Kier alpha value is -1.50. The summed E-state index contributed by atoms with van der Waals surface area (Å²) in [7, 11) is 0. The number of carbonyl (C=O) groups is 2. The highest BCUT2D eigenvalue weighted by Gasteiger charge is 2.46. The number of hydrogen-bond acceptors (Lipinski definition) is 5. The third-order valence-electron chi connectivity index (χ3n) is 3.34. The van der Waals surface area contributed by atoms with Gasteiger partial charge in [-0.25, -0.2) is 0 Å². The highest BCUT2D eigenvalue weighted by molar-refractivity contribution is 7.07. The minimum absolute atomic E-state index is 0.292. The van der Waals surface area contributed by atoms with Gasteiger partial charge in [0.05, 0.1) is 11.6 Å². The van der Waals surface area contributed by atoms with Crippen molar-refractivity contribution in [3.8, 4) is 0 Å². The Bertz CT molecular complexity index is 434. The number of aromatic nitrogens is 2. The summed E-state index contributed by atoms with van der Waals surface area (Å²) in [5.74, 6) is -1.15. The molecule has 0 bridgehead atoms. The van der Waals surface area contributed by atoms with Crippen molar-refractivity contribution in [1.29, 1.82) is 0 Å². The summed E-state index contributed by atoms with van der Waals surface area (Å²) < 4.78 is 3.60. The Morgan fingerprint density at radius 2 is 2.41 bits per heavy atom. The third-order valence-corrected chi connectivity index (χ3v) is 4.00. The Morgan fingerprint density at radius 1 is 1.65 bits per heavy atom. The van der Waals surface area contributed by atoms with E-state index in [-0.39, 0.29) is 11.9 Å². The lowest BCUT2D eigenvalue weighted by Crippen LogP contribution is -2.46. The summed E-state index contributed by atoms with van der Waals surface area (Å²) in [6, 6.07) is -0.324. The van der Waals surface area contributed by atoms with Crippen LogP contribution in [0.15, 0.2) is 6.20 Å². The van der Waals surface area contributed by atoms with Gasteiger partial charge in [-0.3, -0.25) is 9.59 Å². The lowest BCUT2D eigenvalue weighted by Gasteiger charge is -2.27. The van der Waals surface area contributed by atoms with Crippen LogP contribution in [0.2, 0.25) is 0 Å². The van der Waals surface area contributed by atoms with Crippen LogP contribution in [0.25, 0.3) is 0 Å². The largest absolute Gasteiger partial charge is 0.481 e. The van der Waals surface area contributed by atoms with Crippen molar-refractivity contribution in [2.45, 2.75) is 32.2 Å². The van der Waals surface area contributed by atoms with Gasteiger partial charge in [0.15, 0.2) is 0 Å². The van der Waals surface area contributed by atoms with Crippen LogP contribution < -0.4 is 5.32 Å². The van der Waals surface area contributed by atoms with E-state index < -0.39 is 11.4 Å². The highest BCUT2D eigenvalue weighted by Crippen LogP contribution is 2.38. The molecule has 1 heterocycles. The maximum absolute atomic E-state index is 11.8. The summed E-state index contributed by atoms with van der Waals surface area (Å²) in [6.45, 7) is 1.68. The molecule has 1 saturated carbocycles. The van der Waals surface area contributed by atoms with Crippen LogP contribution in [0.4, 0.5) is 0 Å². The number of rotatable bonds is 3. The van der Waals surface area contributed by atoms with Crippen molar-refractivity contribution in [3.05, 3.63) is 11.1 Å². The quantitative estimate of drug-likeness (QED) is 0.837. The molecule has 7 heteroatoms. The number of nitrogens with zero attached hydrogens (tertiary/aromatic N) is 2. The molecule has 1 aliphatic carbocycles. The molecule has 0 radical (unpaired) electrons. The molecule has 0 spiro atoms. The zero-order chi connectivity index (χ0) is 12.5. The van der Waals surface area contributed by atoms with Gasteiger partial charge in [-0.2, -0.15) is 0 Å². The van der Waals surface area contributed by atoms with Gasteiger partial charge in [-0.15, -0.1) is 5.10 Å². The first-order chi connectivity index (χ1) is 8.04. The van der Waals surface area contributed by atoms with Crippen LogP contribution in [0.5, 0.6) is 0 Å². The molecule has 1 aromatic rings. The van der Waals surface area contributed by atoms with Crippen molar-refractivity contribution in [2.24, 2.45) is 5.41 Å². The molecule has 92 valence electrons. The van der Waals surface area contributed by atoms with Gasteiger partial charge in [0.25, 0.3) is 5.91 Å². The fraction of sp³-hybridized carbons (Fsp3) is 0.600. The Labute approximate surface area is 102 Å². The van der Waals surface area contributed by atoms with Gasteiger partial charge in [0, 0.05) is 6.04 Å². The average Bonchev–Trinajstić information content (AvgIpc) is 2.89. The summed E-state index contributed by atoms with van der Waals surface area (Å²) in [5, 5.41) is 15.6. The van der Waals surface area contributed by atoms with Gasteiger partial charge in [-0.1, -0.05) is 10.9 Å². The van der Waals surface area contributed by atoms with E-state index in [1.165, 1.54) is 6.20 Å². The van der Waals surface area contributed by atoms with Gasteiger partial charge >= 0.3 is 5.97 Å². The van der Waals surface area contributed by atoms with E-state index in [1.807, 2.05) is 0 Å². The van der Waals surface area contributed by atoms with Gasteiger partial charge < -0.3 is 10.4 Å². The summed E-state index contributed by atoms with van der Waals surface area (Å²) in [4.78, 5) is 23.4. The van der Waals surface area contributed by atoms with Crippen molar-refractivity contribution in [3.63, 3.8) is 0 Å². The minimum Gasteiger partial charge on any atom is -0.481 e. The van der Waals surface area contributed by atoms with E-state index in [0.29, 0.717) is 17.7 Å². The van der Waals surface area contributed by atoms with E-state index in [9.17, 15) is 14.7 Å². The predicted molar refractivity (Wildman–Crippen MR) is 60.8 cm³/mol. The van der Waals surface area contributed by atoms with E-state index >= 15 is 0 Å². The molecular formula is C10H13N3O3S. The zero-order valence-corrected chi connectivity index (χ0v) is 10.2. The fourth-order valence-electron chi connectivity index (χ4n) is 2.15. The summed E-state index contributed by atoms with van der Waals surface area (Å²) in [5.41, 5.74) is -0.867. The second kappa shape index (κ2) is 4.40. The molecule has 1 aromatic heterocycles. The first-order valence-electron chi connectivity index (χ1n) is 5.35. The van der Waals surface area contributed by atoms with Crippen molar-refractivity contribution in [1.82, 2.24) is 14.9 Å². The van der Waals surface area contributed by atoms with Crippen LogP contribution in [0.3, 0.4) is 0 Å². The number of nitrogens with one attached hydrogen (secondary N) is 1. The van der Waals surface area contributed by atoms with Crippen LogP contribution >= 0.6 is 11.5 Å². The molecule has 2 atom stereocenters. The zero-order valence-electron chi connectivity index (χ0n) is 9.34. The van der Waals surface area contributed by atoms with E-state index in [1.54, 1.807) is 6.92 Å². The second-order valence-corrected chi connectivity index (χ2v) is 5.21. The Balaban J connectivity index is 2.09. The second-order valence-electron chi connectivity index (χ2n) is 4.42. The van der Waals surface area contributed by atoms with Crippen molar-refractivity contribution in [2.75, 3.05) is 0 Å². The number of aliphatic carboxylic acids is 1. The van der Waals surface area contributed by atoms with Gasteiger partial charge in [-0.05, 0) is 31.3 Å². The molecule has 2 unspecified atom stereocenters. The first-order valence-corrected chi connectivity index (χ1v) is 6.13. The normalized spacial score (nSPS) is 27.9. The van der Waals surface area contributed by atoms with Crippen LogP contribution in [0.1, 0.15) is 35.9 Å². The predicted octanol–water partition coefficient (Wildman–Crippen LogP) is 0.911. The third kappa shape index (κ3) is 2.14. The topological polar surface area (TPSA) is 92.2 Å². The number of amides is 1. The summed E-state index contributed by atoms with van der Waals surface area (Å²) >= 11 is 1.00. The molecule has 0 saturated heterocycles. The lowest BCUT2D eigenvalue weighted by atomic mass is 9.85. The Kier molecular flexibility index (Phi) is 3.10. The van der Waals surface area contributed by atoms with Crippen LogP contribution in [-0.4, -0.2) is 32.6 Å². The summed E-state index contributed by atoms with van der Waals surface area (Å²) in [6.07, 6.45) is 3.48. The van der Waals surface area contributed by atoms with E-state index in [4.69, 9.17) is 0 Å². The SMILES string of the molecule is CC1(C(=O)O)CCCC1NC(=O)c1cnns1. The van der Waals surface area contributed by atoms with Crippen LogP contribution in [-0.2, 0) is 4.79 Å². The number of carboxylic acids is 1. The molecule has 2 rings (SSSR count). The maximum atomic E-state index is 11.8. The number of carbonyl (C=O) groups excluding carboxylic acids is 1. The van der Waals surface area contributed by atoms with E-state index in [2.05, 4.69) is 14.9 Å². The molecule has 6 nitrogen and oxygen atoms in total. The van der Waals surface area contributed by atoms with Crippen molar-refractivity contribution < 1.29 is 14.7 Å². The molecule has 2 N–H and O–H groups in total. The monoisotopic (exact) mass is 255 g/mol. The molecule has 0 aromatic carbocycles. The molecule has 1 fully saturated rings.